The Morgan fingerprint density at radius 3 is 2.89 bits per heavy atom. The molecule has 0 bridgehead atoms. The van der Waals surface area contributed by atoms with Gasteiger partial charge in [-0.2, -0.15) is 5.26 Å². The fourth-order valence-corrected chi connectivity index (χ4v) is 3.70. The van der Waals surface area contributed by atoms with Gasteiger partial charge in [0, 0.05) is 18.0 Å². The smallest absolute Gasteiger partial charge is 0.263 e. The number of carbonyl (C=O) groups is 1. The molecule has 1 heterocycles. The Hall–Kier alpha value is -1.34. The summed E-state index contributed by atoms with van der Waals surface area (Å²) < 4.78 is 0. The molecular formula is C15H20N2OS. The maximum atomic E-state index is 12.5. The van der Waals surface area contributed by atoms with E-state index in [2.05, 4.69) is 12.1 Å². The van der Waals surface area contributed by atoms with Crippen molar-refractivity contribution in [2.24, 2.45) is 5.92 Å². The molecule has 2 rings (SSSR count). The number of thiophene rings is 1. The molecule has 0 spiro atoms. The minimum Gasteiger partial charge on any atom is -0.337 e. The summed E-state index contributed by atoms with van der Waals surface area (Å²) >= 11 is 1.65. The number of amides is 1. The van der Waals surface area contributed by atoms with Crippen LogP contribution in [0.25, 0.3) is 0 Å². The number of hydrogen-bond donors (Lipinski definition) is 0. The summed E-state index contributed by atoms with van der Waals surface area (Å²) in [6.45, 7) is 5.01. The zero-order valence-corrected chi connectivity index (χ0v) is 12.4. The van der Waals surface area contributed by atoms with Gasteiger partial charge in [-0.25, -0.2) is 0 Å². The average molecular weight is 276 g/mol. The monoisotopic (exact) mass is 276 g/mol. The molecule has 0 radical (unpaired) electrons. The minimum atomic E-state index is -0.113. The fraction of sp³-hybridized carbons (Fsp3) is 0.600. The van der Waals surface area contributed by atoms with Crippen LogP contribution in [0, 0.1) is 17.2 Å². The Bertz CT molecular complexity index is 477. The third kappa shape index (κ3) is 3.16. The molecule has 1 aliphatic carbocycles. The normalized spacial score (nSPS) is 15.4. The van der Waals surface area contributed by atoms with Crippen molar-refractivity contribution in [3.05, 3.63) is 21.4 Å². The van der Waals surface area contributed by atoms with Gasteiger partial charge < -0.3 is 4.90 Å². The van der Waals surface area contributed by atoms with E-state index in [4.69, 9.17) is 5.26 Å². The second kappa shape index (κ2) is 6.21. The second-order valence-electron chi connectivity index (χ2n) is 5.14. The van der Waals surface area contributed by atoms with Crippen LogP contribution < -0.4 is 0 Å². The number of hydrogen-bond acceptors (Lipinski definition) is 3. The van der Waals surface area contributed by atoms with Crippen molar-refractivity contribution in [1.82, 2.24) is 4.90 Å². The molecule has 0 aliphatic heterocycles. The number of aryl methyl sites for hydroxylation is 2. The van der Waals surface area contributed by atoms with Crippen LogP contribution in [-0.2, 0) is 12.8 Å². The molecule has 1 aromatic rings. The van der Waals surface area contributed by atoms with E-state index in [1.165, 1.54) is 23.3 Å². The van der Waals surface area contributed by atoms with Gasteiger partial charge in [-0.05, 0) is 51.2 Å². The first-order valence-corrected chi connectivity index (χ1v) is 7.77. The first-order chi connectivity index (χ1) is 9.15. The summed E-state index contributed by atoms with van der Waals surface area (Å²) in [7, 11) is 0. The Morgan fingerprint density at radius 1 is 1.53 bits per heavy atom. The summed E-state index contributed by atoms with van der Waals surface area (Å²) in [6, 6.07) is 4.27. The van der Waals surface area contributed by atoms with Crippen molar-refractivity contribution in [3.63, 3.8) is 0 Å². The molecule has 102 valence electrons. The molecule has 0 aromatic carbocycles. The van der Waals surface area contributed by atoms with E-state index in [1.807, 2.05) is 13.8 Å². The SMILES string of the molecule is CCN(CC(C)C#N)C(=O)c1cc2c(s1)CCCC2. The van der Waals surface area contributed by atoms with E-state index in [-0.39, 0.29) is 11.8 Å². The highest BCUT2D eigenvalue weighted by atomic mass is 32.1. The van der Waals surface area contributed by atoms with Gasteiger partial charge in [-0.1, -0.05) is 0 Å². The van der Waals surface area contributed by atoms with Crippen LogP contribution in [0.1, 0.15) is 46.8 Å². The van der Waals surface area contributed by atoms with Crippen molar-refractivity contribution in [2.75, 3.05) is 13.1 Å². The van der Waals surface area contributed by atoms with E-state index in [0.29, 0.717) is 13.1 Å². The minimum absolute atomic E-state index is 0.0870. The van der Waals surface area contributed by atoms with Crippen molar-refractivity contribution in [1.29, 1.82) is 5.26 Å². The molecule has 1 aliphatic rings. The molecule has 1 atom stereocenters. The number of fused-ring (bicyclic) bond motifs is 1. The Morgan fingerprint density at radius 2 is 2.26 bits per heavy atom. The highest BCUT2D eigenvalue weighted by Crippen LogP contribution is 2.30. The van der Waals surface area contributed by atoms with Gasteiger partial charge in [0.25, 0.3) is 5.91 Å². The highest BCUT2D eigenvalue weighted by Gasteiger charge is 2.21. The molecule has 1 unspecified atom stereocenters. The van der Waals surface area contributed by atoms with E-state index in [1.54, 1.807) is 16.2 Å². The fourth-order valence-electron chi connectivity index (χ4n) is 2.48. The van der Waals surface area contributed by atoms with Crippen molar-refractivity contribution >= 4 is 17.2 Å². The van der Waals surface area contributed by atoms with Gasteiger partial charge in [0.15, 0.2) is 0 Å². The van der Waals surface area contributed by atoms with Crippen LogP contribution in [0.4, 0.5) is 0 Å². The predicted octanol–water partition coefficient (Wildman–Crippen LogP) is 3.25. The standard InChI is InChI=1S/C15H20N2OS/c1-3-17(10-11(2)9-16)15(18)14-8-12-6-4-5-7-13(12)19-14/h8,11H,3-7,10H2,1-2H3. The summed E-state index contributed by atoms with van der Waals surface area (Å²) in [4.78, 5) is 16.5. The lowest BCUT2D eigenvalue weighted by Crippen LogP contribution is -2.33. The van der Waals surface area contributed by atoms with Crippen LogP contribution in [0.2, 0.25) is 0 Å². The Balaban J connectivity index is 2.13. The number of rotatable bonds is 4. The summed E-state index contributed by atoms with van der Waals surface area (Å²) in [6.07, 6.45) is 4.71. The zero-order chi connectivity index (χ0) is 13.8. The molecule has 1 aromatic heterocycles. The van der Waals surface area contributed by atoms with Gasteiger partial charge in [-0.15, -0.1) is 11.3 Å². The number of nitriles is 1. The largest absolute Gasteiger partial charge is 0.337 e. The lowest BCUT2D eigenvalue weighted by atomic mass is 9.99. The van der Waals surface area contributed by atoms with Crippen LogP contribution in [0.3, 0.4) is 0 Å². The van der Waals surface area contributed by atoms with E-state index in [0.717, 1.165) is 17.7 Å². The molecule has 3 nitrogen and oxygen atoms in total. The molecular weight excluding hydrogens is 256 g/mol. The number of nitrogens with zero attached hydrogens (tertiary/aromatic N) is 2. The summed E-state index contributed by atoms with van der Waals surface area (Å²) in [5.41, 5.74) is 1.36. The summed E-state index contributed by atoms with van der Waals surface area (Å²) in [5, 5.41) is 8.88. The lowest BCUT2D eigenvalue weighted by molar-refractivity contribution is 0.0757. The number of carbonyl (C=O) groups excluding carboxylic acids is 1. The van der Waals surface area contributed by atoms with E-state index < -0.39 is 0 Å². The maximum Gasteiger partial charge on any atom is 0.263 e. The second-order valence-corrected chi connectivity index (χ2v) is 6.28. The quantitative estimate of drug-likeness (QED) is 0.847. The predicted molar refractivity (Wildman–Crippen MR) is 77.3 cm³/mol. The van der Waals surface area contributed by atoms with Gasteiger partial charge in [0.2, 0.25) is 0 Å². The van der Waals surface area contributed by atoms with Crippen molar-refractivity contribution in [3.8, 4) is 6.07 Å². The van der Waals surface area contributed by atoms with Crippen LogP contribution in [0.15, 0.2) is 6.07 Å². The topological polar surface area (TPSA) is 44.1 Å². The van der Waals surface area contributed by atoms with E-state index in [9.17, 15) is 4.79 Å². The zero-order valence-electron chi connectivity index (χ0n) is 11.6. The molecule has 0 saturated heterocycles. The third-order valence-electron chi connectivity index (χ3n) is 3.59. The average Bonchev–Trinajstić information content (AvgIpc) is 2.87. The molecule has 4 heteroatoms. The van der Waals surface area contributed by atoms with Crippen molar-refractivity contribution < 1.29 is 4.79 Å². The third-order valence-corrected chi connectivity index (χ3v) is 4.82. The van der Waals surface area contributed by atoms with Crippen LogP contribution in [-0.4, -0.2) is 23.9 Å². The molecule has 0 saturated carbocycles. The van der Waals surface area contributed by atoms with Gasteiger partial charge in [0.1, 0.15) is 0 Å². The molecule has 0 N–H and O–H groups in total. The van der Waals surface area contributed by atoms with Gasteiger partial charge in [0.05, 0.1) is 16.9 Å². The highest BCUT2D eigenvalue weighted by molar-refractivity contribution is 7.14. The first kappa shape index (κ1) is 14.1. The Kier molecular flexibility index (Phi) is 4.60. The lowest BCUT2D eigenvalue weighted by Gasteiger charge is -2.21. The summed E-state index contributed by atoms with van der Waals surface area (Å²) in [5.74, 6) is -0.0255. The first-order valence-electron chi connectivity index (χ1n) is 6.96. The van der Waals surface area contributed by atoms with Gasteiger partial charge in [-0.3, -0.25) is 4.79 Å². The van der Waals surface area contributed by atoms with Gasteiger partial charge >= 0.3 is 0 Å². The van der Waals surface area contributed by atoms with E-state index >= 15 is 0 Å². The van der Waals surface area contributed by atoms with Crippen molar-refractivity contribution in [2.45, 2.75) is 39.5 Å². The Labute approximate surface area is 118 Å². The van der Waals surface area contributed by atoms with Crippen LogP contribution in [0.5, 0.6) is 0 Å². The molecule has 1 amide bonds. The van der Waals surface area contributed by atoms with Crippen LogP contribution >= 0.6 is 11.3 Å². The molecule has 0 fully saturated rings. The molecule has 19 heavy (non-hydrogen) atoms. The maximum absolute atomic E-state index is 12.5.